The van der Waals surface area contributed by atoms with Crippen molar-refractivity contribution in [2.45, 2.75) is 26.8 Å². The van der Waals surface area contributed by atoms with Crippen LogP contribution in [0.3, 0.4) is 0 Å². The fraction of sp³-hybridized carbons (Fsp3) is 0.583. The molecule has 98 valence electrons. The summed E-state index contributed by atoms with van der Waals surface area (Å²) in [6, 6.07) is 0. The Balaban J connectivity index is 2.60. The summed E-state index contributed by atoms with van der Waals surface area (Å²) in [5.41, 5.74) is 0. The standard InChI is InChI=1S/C12H17N3O3/c1-4-5-15(8-12(16)17)7-11-13-10(14-18-11)6-9(2)3/h1,9H,5-8H2,2-3H3,(H,16,17). The van der Waals surface area contributed by atoms with E-state index in [1.54, 1.807) is 4.90 Å². The molecule has 1 aromatic rings. The van der Waals surface area contributed by atoms with Gasteiger partial charge >= 0.3 is 5.97 Å². The Bertz CT molecular complexity index is 434. The van der Waals surface area contributed by atoms with Gasteiger partial charge in [-0.2, -0.15) is 4.98 Å². The summed E-state index contributed by atoms with van der Waals surface area (Å²) in [5.74, 6) is 2.93. The molecule has 6 heteroatoms. The van der Waals surface area contributed by atoms with E-state index in [9.17, 15) is 4.79 Å². The van der Waals surface area contributed by atoms with Crippen molar-refractivity contribution in [3.8, 4) is 12.3 Å². The number of terminal acetylenes is 1. The van der Waals surface area contributed by atoms with Crippen LogP contribution in [0.5, 0.6) is 0 Å². The number of aromatic nitrogens is 2. The minimum absolute atomic E-state index is 0.147. The van der Waals surface area contributed by atoms with Gasteiger partial charge in [0.05, 0.1) is 19.6 Å². The monoisotopic (exact) mass is 251 g/mol. The van der Waals surface area contributed by atoms with Crippen LogP contribution in [0.1, 0.15) is 25.6 Å². The molecule has 0 amide bonds. The van der Waals surface area contributed by atoms with Crippen molar-refractivity contribution in [2.24, 2.45) is 5.92 Å². The zero-order valence-corrected chi connectivity index (χ0v) is 10.6. The van der Waals surface area contributed by atoms with Crippen molar-refractivity contribution in [1.82, 2.24) is 15.0 Å². The second-order valence-electron chi connectivity index (χ2n) is 4.45. The van der Waals surface area contributed by atoms with E-state index in [1.807, 2.05) is 0 Å². The van der Waals surface area contributed by atoms with Crippen molar-refractivity contribution >= 4 is 5.97 Å². The first-order chi connectivity index (χ1) is 8.51. The number of carboxylic acids is 1. The Labute approximate surface area is 106 Å². The van der Waals surface area contributed by atoms with Gasteiger partial charge in [0.15, 0.2) is 5.82 Å². The largest absolute Gasteiger partial charge is 0.480 e. The Morgan fingerprint density at radius 1 is 1.61 bits per heavy atom. The molecule has 0 spiro atoms. The first-order valence-electron chi connectivity index (χ1n) is 5.70. The summed E-state index contributed by atoms with van der Waals surface area (Å²) >= 11 is 0. The summed E-state index contributed by atoms with van der Waals surface area (Å²) in [7, 11) is 0. The van der Waals surface area contributed by atoms with E-state index in [4.69, 9.17) is 16.1 Å². The second-order valence-corrected chi connectivity index (χ2v) is 4.45. The zero-order chi connectivity index (χ0) is 13.5. The predicted molar refractivity (Wildman–Crippen MR) is 64.6 cm³/mol. The molecule has 0 unspecified atom stereocenters. The normalized spacial score (nSPS) is 10.8. The van der Waals surface area contributed by atoms with E-state index >= 15 is 0 Å². The Hall–Kier alpha value is -1.87. The Morgan fingerprint density at radius 2 is 2.33 bits per heavy atom. The maximum absolute atomic E-state index is 10.6. The number of aliphatic carboxylic acids is 1. The number of nitrogens with zero attached hydrogens (tertiary/aromatic N) is 3. The Kier molecular flexibility index (Phi) is 5.33. The second kappa shape index (κ2) is 6.77. The lowest BCUT2D eigenvalue weighted by molar-refractivity contribution is -0.138. The number of hydrogen-bond acceptors (Lipinski definition) is 5. The van der Waals surface area contributed by atoms with Gasteiger partial charge in [-0.1, -0.05) is 24.9 Å². The van der Waals surface area contributed by atoms with Gasteiger partial charge in [0.1, 0.15) is 0 Å². The van der Waals surface area contributed by atoms with E-state index in [1.165, 1.54) is 0 Å². The van der Waals surface area contributed by atoms with E-state index in [0.29, 0.717) is 17.6 Å². The number of carboxylic acid groups (broad SMARTS) is 1. The summed E-state index contributed by atoms with van der Waals surface area (Å²) in [5, 5.41) is 12.6. The molecule has 0 aliphatic heterocycles. The lowest BCUT2D eigenvalue weighted by Crippen LogP contribution is -2.29. The van der Waals surface area contributed by atoms with Gasteiger partial charge in [-0.25, -0.2) is 0 Å². The van der Waals surface area contributed by atoms with Gasteiger partial charge in [-0.3, -0.25) is 9.69 Å². The highest BCUT2D eigenvalue weighted by atomic mass is 16.5. The van der Waals surface area contributed by atoms with Crippen LogP contribution in [0.15, 0.2) is 4.52 Å². The fourth-order valence-electron chi connectivity index (χ4n) is 1.48. The third-order valence-corrected chi connectivity index (χ3v) is 2.13. The minimum Gasteiger partial charge on any atom is -0.480 e. The first kappa shape index (κ1) is 14.2. The quantitative estimate of drug-likeness (QED) is 0.722. The predicted octanol–water partition coefficient (Wildman–Crippen LogP) is 0.788. The molecular formula is C12H17N3O3. The molecule has 0 bridgehead atoms. The van der Waals surface area contributed by atoms with Crippen molar-refractivity contribution in [3.63, 3.8) is 0 Å². The van der Waals surface area contributed by atoms with Gasteiger partial charge in [0.25, 0.3) is 0 Å². The number of rotatable bonds is 7. The van der Waals surface area contributed by atoms with E-state index in [2.05, 4.69) is 29.9 Å². The van der Waals surface area contributed by atoms with Crippen LogP contribution in [0.25, 0.3) is 0 Å². The van der Waals surface area contributed by atoms with Crippen LogP contribution in [0.4, 0.5) is 0 Å². The highest BCUT2D eigenvalue weighted by molar-refractivity contribution is 5.69. The van der Waals surface area contributed by atoms with Crippen LogP contribution in [-0.2, 0) is 17.8 Å². The molecule has 1 rings (SSSR count). The summed E-state index contributed by atoms with van der Waals surface area (Å²) in [6.45, 7) is 4.46. The van der Waals surface area contributed by atoms with E-state index in [-0.39, 0.29) is 19.6 Å². The van der Waals surface area contributed by atoms with Gasteiger partial charge in [-0.15, -0.1) is 6.42 Å². The summed E-state index contributed by atoms with van der Waals surface area (Å²) in [6.07, 6.45) is 5.91. The molecule has 0 saturated heterocycles. The third kappa shape index (κ3) is 4.97. The van der Waals surface area contributed by atoms with Crippen molar-refractivity contribution < 1.29 is 14.4 Å². The van der Waals surface area contributed by atoms with E-state index < -0.39 is 5.97 Å². The summed E-state index contributed by atoms with van der Waals surface area (Å²) in [4.78, 5) is 16.4. The van der Waals surface area contributed by atoms with Crippen molar-refractivity contribution in [2.75, 3.05) is 13.1 Å². The van der Waals surface area contributed by atoms with Crippen LogP contribution < -0.4 is 0 Å². The maximum atomic E-state index is 10.6. The zero-order valence-electron chi connectivity index (χ0n) is 10.6. The SMILES string of the molecule is C#CCN(CC(=O)O)Cc1nc(CC(C)C)no1. The lowest BCUT2D eigenvalue weighted by Gasteiger charge is -2.13. The fourth-order valence-corrected chi connectivity index (χ4v) is 1.48. The number of carbonyl (C=O) groups is 1. The van der Waals surface area contributed by atoms with Gasteiger partial charge in [0.2, 0.25) is 5.89 Å². The van der Waals surface area contributed by atoms with Gasteiger partial charge in [0, 0.05) is 6.42 Å². The molecular weight excluding hydrogens is 234 g/mol. The Morgan fingerprint density at radius 3 is 2.89 bits per heavy atom. The highest BCUT2D eigenvalue weighted by Gasteiger charge is 2.14. The average Bonchev–Trinajstić information content (AvgIpc) is 2.63. The molecule has 0 atom stereocenters. The molecule has 18 heavy (non-hydrogen) atoms. The smallest absolute Gasteiger partial charge is 0.317 e. The molecule has 0 fully saturated rings. The van der Waals surface area contributed by atoms with Crippen molar-refractivity contribution in [1.29, 1.82) is 0 Å². The molecule has 6 nitrogen and oxygen atoms in total. The van der Waals surface area contributed by atoms with E-state index in [0.717, 1.165) is 6.42 Å². The lowest BCUT2D eigenvalue weighted by atomic mass is 10.1. The average molecular weight is 251 g/mol. The first-order valence-corrected chi connectivity index (χ1v) is 5.70. The molecule has 0 aliphatic rings. The molecule has 1 aromatic heterocycles. The van der Waals surface area contributed by atoms with Crippen molar-refractivity contribution in [3.05, 3.63) is 11.7 Å². The van der Waals surface area contributed by atoms with Gasteiger partial charge in [-0.05, 0) is 5.92 Å². The molecule has 0 aromatic carbocycles. The molecule has 0 saturated carbocycles. The summed E-state index contributed by atoms with van der Waals surface area (Å²) < 4.78 is 5.06. The third-order valence-electron chi connectivity index (χ3n) is 2.13. The maximum Gasteiger partial charge on any atom is 0.317 e. The molecule has 1 N–H and O–H groups in total. The van der Waals surface area contributed by atoms with Gasteiger partial charge < -0.3 is 9.63 Å². The van der Waals surface area contributed by atoms with Crippen LogP contribution in [0, 0.1) is 18.3 Å². The molecule has 1 heterocycles. The topological polar surface area (TPSA) is 79.5 Å². The number of hydrogen-bond donors (Lipinski definition) is 1. The highest BCUT2D eigenvalue weighted by Crippen LogP contribution is 2.06. The minimum atomic E-state index is -0.938. The van der Waals surface area contributed by atoms with Crippen LogP contribution >= 0.6 is 0 Å². The van der Waals surface area contributed by atoms with Crippen LogP contribution in [-0.4, -0.2) is 39.2 Å². The molecule has 0 radical (unpaired) electrons. The van der Waals surface area contributed by atoms with Crippen LogP contribution in [0.2, 0.25) is 0 Å². The molecule has 0 aliphatic carbocycles.